The van der Waals surface area contributed by atoms with Crippen molar-refractivity contribution in [1.29, 1.82) is 0 Å². The lowest BCUT2D eigenvalue weighted by atomic mass is 9.79. The van der Waals surface area contributed by atoms with Gasteiger partial charge in [-0.05, 0) is 76.0 Å². The molecule has 8 heteroatoms. The van der Waals surface area contributed by atoms with Gasteiger partial charge in [0.1, 0.15) is 11.8 Å². The van der Waals surface area contributed by atoms with Gasteiger partial charge in [0.05, 0.1) is 18.8 Å². The van der Waals surface area contributed by atoms with Crippen LogP contribution in [0.5, 0.6) is 0 Å². The highest BCUT2D eigenvalue weighted by molar-refractivity contribution is 5.83. The highest BCUT2D eigenvalue weighted by Gasteiger charge is 2.55. The summed E-state index contributed by atoms with van der Waals surface area (Å²) >= 11 is 0. The fourth-order valence-corrected chi connectivity index (χ4v) is 8.16. The second kappa shape index (κ2) is 12.8. The first-order valence-electron chi connectivity index (χ1n) is 15.5. The number of rotatable bonds is 8. The minimum Gasteiger partial charge on any atom is -0.381 e. The van der Waals surface area contributed by atoms with E-state index < -0.39 is 0 Å². The number of carbonyl (C=O) groups is 2. The van der Waals surface area contributed by atoms with Gasteiger partial charge in [-0.3, -0.25) is 15.3 Å². The lowest BCUT2D eigenvalue weighted by Gasteiger charge is -2.52. The summed E-state index contributed by atoms with van der Waals surface area (Å²) in [5.41, 5.74) is 6.93. The van der Waals surface area contributed by atoms with E-state index in [1.807, 2.05) is 7.11 Å². The first-order chi connectivity index (χ1) is 18.0. The van der Waals surface area contributed by atoms with Crippen LogP contribution in [0, 0.1) is 23.7 Å². The average molecular weight is 519 g/mol. The molecule has 0 aromatic rings. The van der Waals surface area contributed by atoms with Crippen molar-refractivity contribution in [2.24, 2.45) is 29.4 Å². The number of nitrogens with zero attached hydrogens (tertiary/aromatic N) is 1. The Kier molecular flexibility index (Phi) is 9.43. The Morgan fingerprint density at radius 2 is 1.76 bits per heavy atom. The Labute approximate surface area is 223 Å². The lowest BCUT2D eigenvalue weighted by molar-refractivity contribution is -0.965. The molecule has 37 heavy (non-hydrogen) atoms. The van der Waals surface area contributed by atoms with E-state index in [4.69, 9.17) is 10.5 Å². The number of amides is 2. The maximum Gasteiger partial charge on any atom is 0.234 e. The van der Waals surface area contributed by atoms with Crippen LogP contribution in [-0.2, 0) is 14.3 Å². The quantitative estimate of drug-likeness (QED) is 0.392. The van der Waals surface area contributed by atoms with Crippen molar-refractivity contribution >= 4 is 11.8 Å². The average Bonchev–Trinajstić information content (AvgIpc) is 2.93. The molecular weight excluding hydrogens is 466 g/mol. The molecule has 3 heterocycles. The first-order valence-corrected chi connectivity index (χ1v) is 15.5. The number of likely N-dealkylation sites (tertiary alicyclic amines) is 1. The van der Waals surface area contributed by atoms with Gasteiger partial charge in [-0.15, -0.1) is 0 Å². The van der Waals surface area contributed by atoms with E-state index in [0.717, 1.165) is 57.5 Å². The normalized spacial score (nSPS) is 39.1. The van der Waals surface area contributed by atoms with Gasteiger partial charge in [-0.2, -0.15) is 0 Å². The third-order valence-electron chi connectivity index (χ3n) is 10.5. The number of carbonyl (C=O) groups excluding carboxylic acids is 2. The van der Waals surface area contributed by atoms with E-state index in [-0.39, 0.29) is 42.1 Å². The minimum absolute atomic E-state index is 0.0328. The van der Waals surface area contributed by atoms with Crippen LogP contribution in [0.2, 0.25) is 0 Å². The molecule has 6 unspecified atom stereocenters. The van der Waals surface area contributed by atoms with Crippen molar-refractivity contribution in [2.75, 3.05) is 26.7 Å². The van der Waals surface area contributed by atoms with E-state index in [1.165, 1.54) is 56.3 Å². The van der Waals surface area contributed by atoms with Crippen LogP contribution in [0.25, 0.3) is 0 Å². The second-order valence-electron chi connectivity index (χ2n) is 12.7. The molecule has 2 saturated carbocycles. The summed E-state index contributed by atoms with van der Waals surface area (Å²) in [7, 11) is 1.81. The fourth-order valence-electron chi connectivity index (χ4n) is 8.16. The number of ether oxygens (including phenoxy) is 1. The topological polar surface area (TPSA) is 101 Å². The molecular formula is C29H52N5O3+. The zero-order chi connectivity index (χ0) is 25.8. The maximum absolute atomic E-state index is 13.7. The Bertz CT molecular complexity index is 767. The van der Waals surface area contributed by atoms with Crippen molar-refractivity contribution in [3.63, 3.8) is 0 Å². The Hall–Kier alpha value is -1.22. The van der Waals surface area contributed by atoms with Crippen LogP contribution >= 0.6 is 0 Å². The molecule has 5 fully saturated rings. The number of quaternary nitrogens is 1. The van der Waals surface area contributed by atoms with Crippen LogP contribution in [0.1, 0.15) is 96.3 Å². The molecule has 5 rings (SSSR count). The number of nitrogens with one attached hydrogen (secondary N) is 3. The fraction of sp³-hybridized carbons (Fsp3) is 0.931. The molecule has 0 spiro atoms. The molecule has 3 saturated heterocycles. The van der Waals surface area contributed by atoms with Gasteiger partial charge >= 0.3 is 0 Å². The van der Waals surface area contributed by atoms with Crippen molar-refractivity contribution in [2.45, 2.75) is 121 Å². The van der Waals surface area contributed by atoms with Crippen LogP contribution in [0.4, 0.5) is 0 Å². The third kappa shape index (κ3) is 6.34. The number of fused-ring (bicyclic) bond motifs is 2. The van der Waals surface area contributed by atoms with Crippen LogP contribution < -0.4 is 21.3 Å². The van der Waals surface area contributed by atoms with Crippen LogP contribution in [0.15, 0.2) is 0 Å². The molecule has 8 nitrogen and oxygen atoms in total. The number of piperidine rings is 2. The van der Waals surface area contributed by atoms with Gasteiger partial charge in [-0.25, -0.2) is 5.32 Å². The van der Waals surface area contributed by atoms with Gasteiger partial charge in [0.2, 0.25) is 11.8 Å². The lowest BCUT2D eigenvalue weighted by Crippen LogP contribution is -3.26. The van der Waals surface area contributed by atoms with E-state index >= 15 is 0 Å². The molecule has 2 aliphatic carbocycles. The first kappa shape index (κ1) is 27.4. The number of hydrogen-bond acceptors (Lipinski definition) is 5. The molecule has 3 aliphatic heterocycles. The van der Waals surface area contributed by atoms with E-state index in [0.29, 0.717) is 25.0 Å². The van der Waals surface area contributed by atoms with Gasteiger partial charge in [-0.1, -0.05) is 32.1 Å². The molecule has 6 atom stereocenters. The molecule has 2 amide bonds. The van der Waals surface area contributed by atoms with Crippen molar-refractivity contribution in [3.8, 4) is 0 Å². The standard InChI is InChI=1S/C29H51N5O3/c1-37-22-12-10-21(11-13-22)14-16-31-28(35)23-19-24-27(32-25-9-5-6-17-33(25)29(24)36)34(26(23)30)18-15-20-7-3-2-4-8-20/h20-27,32H,2-19,30H2,1H3,(H,31,35)/p+1. The largest absolute Gasteiger partial charge is 0.381 e. The van der Waals surface area contributed by atoms with Gasteiger partial charge in [0.15, 0.2) is 12.3 Å². The smallest absolute Gasteiger partial charge is 0.234 e. The molecule has 0 aromatic heterocycles. The maximum atomic E-state index is 13.7. The Balaban J connectivity index is 1.22. The predicted octanol–water partition coefficient (Wildman–Crippen LogP) is 1.74. The van der Waals surface area contributed by atoms with Crippen molar-refractivity contribution < 1.29 is 19.2 Å². The van der Waals surface area contributed by atoms with Crippen molar-refractivity contribution in [3.05, 3.63) is 0 Å². The summed E-state index contributed by atoms with van der Waals surface area (Å²) in [6.45, 7) is 2.49. The number of nitrogens with two attached hydrogens (primary N) is 1. The van der Waals surface area contributed by atoms with Gasteiger partial charge in [0, 0.05) is 20.2 Å². The van der Waals surface area contributed by atoms with Crippen LogP contribution in [0.3, 0.4) is 0 Å². The van der Waals surface area contributed by atoms with E-state index in [2.05, 4.69) is 15.5 Å². The SMILES string of the molecule is COC1CCC(CCNC(=O)C2CC3C(=O)N4CCCCC4NC3[NH+](CCC3CCCCC3)C2N)CC1. The van der Waals surface area contributed by atoms with E-state index in [9.17, 15) is 9.59 Å². The molecule has 5 N–H and O–H groups in total. The summed E-state index contributed by atoms with van der Waals surface area (Å²) in [5, 5.41) is 7.10. The van der Waals surface area contributed by atoms with E-state index in [1.54, 1.807) is 0 Å². The Morgan fingerprint density at radius 3 is 2.51 bits per heavy atom. The molecule has 0 bridgehead atoms. The number of hydrogen-bond donors (Lipinski definition) is 4. The summed E-state index contributed by atoms with van der Waals surface area (Å²) in [5.74, 6) is 1.27. The second-order valence-corrected chi connectivity index (χ2v) is 12.7. The zero-order valence-corrected chi connectivity index (χ0v) is 23.1. The molecule has 210 valence electrons. The van der Waals surface area contributed by atoms with Crippen LogP contribution in [-0.4, -0.2) is 68.1 Å². The Morgan fingerprint density at radius 1 is 1.03 bits per heavy atom. The molecule has 5 aliphatic rings. The van der Waals surface area contributed by atoms with Gasteiger partial charge in [0.25, 0.3) is 0 Å². The minimum atomic E-state index is -0.307. The predicted molar refractivity (Wildman–Crippen MR) is 143 cm³/mol. The highest BCUT2D eigenvalue weighted by atomic mass is 16.5. The summed E-state index contributed by atoms with van der Waals surface area (Å²) in [6, 6.07) is 0. The van der Waals surface area contributed by atoms with Crippen molar-refractivity contribution in [1.82, 2.24) is 15.5 Å². The highest BCUT2D eigenvalue weighted by Crippen LogP contribution is 2.31. The summed E-state index contributed by atoms with van der Waals surface area (Å²) in [6.07, 6.45) is 17.6. The van der Waals surface area contributed by atoms with Gasteiger partial charge < -0.3 is 19.9 Å². The molecule has 0 aromatic carbocycles. The number of methoxy groups -OCH3 is 1. The summed E-state index contributed by atoms with van der Waals surface area (Å²) in [4.78, 5) is 30.5. The summed E-state index contributed by atoms with van der Waals surface area (Å²) < 4.78 is 5.50. The monoisotopic (exact) mass is 518 g/mol. The zero-order valence-electron chi connectivity index (χ0n) is 23.1. The third-order valence-corrected chi connectivity index (χ3v) is 10.5. The molecule has 0 radical (unpaired) electrons.